The van der Waals surface area contributed by atoms with Crippen LogP contribution >= 0.6 is 0 Å². The first-order valence-electron chi connectivity index (χ1n) is 8.59. The van der Waals surface area contributed by atoms with Gasteiger partial charge in [0.25, 0.3) is 0 Å². The fourth-order valence-corrected chi connectivity index (χ4v) is 3.16. The van der Waals surface area contributed by atoms with Crippen molar-refractivity contribution in [1.82, 2.24) is 20.1 Å². The van der Waals surface area contributed by atoms with Crippen LogP contribution in [0.3, 0.4) is 0 Å². The van der Waals surface area contributed by atoms with Crippen molar-refractivity contribution in [3.8, 4) is 0 Å². The third-order valence-corrected chi connectivity index (χ3v) is 4.43. The number of aryl methyl sites for hydroxylation is 2. The predicted octanol–water partition coefficient (Wildman–Crippen LogP) is 2.95. The summed E-state index contributed by atoms with van der Waals surface area (Å²) in [7, 11) is 0. The quantitative estimate of drug-likeness (QED) is 0.917. The van der Waals surface area contributed by atoms with E-state index in [0.29, 0.717) is 12.8 Å². The van der Waals surface area contributed by atoms with Crippen LogP contribution < -0.4 is 5.32 Å². The number of aromatic nitrogens is 3. The van der Waals surface area contributed by atoms with E-state index >= 15 is 0 Å². The largest absolute Gasteiger partial charge is 0.346 e. The molecule has 0 radical (unpaired) electrons. The molecule has 2 aromatic rings. The van der Waals surface area contributed by atoms with Crippen molar-refractivity contribution in [3.63, 3.8) is 0 Å². The monoisotopic (exact) mass is 330 g/mol. The van der Waals surface area contributed by atoms with Gasteiger partial charge in [0.05, 0.1) is 6.04 Å². The van der Waals surface area contributed by atoms with E-state index in [1.807, 2.05) is 13.0 Å². The lowest BCUT2D eigenvalue weighted by Crippen LogP contribution is -2.29. The minimum Gasteiger partial charge on any atom is -0.346 e. The Morgan fingerprint density at radius 2 is 2.21 bits per heavy atom. The molecule has 0 spiro atoms. The molecule has 1 atom stereocenters. The Morgan fingerprint density at radius 1 is 1.33 bits per heavy atom. The molecule has 1 aromatic heterocycles. The van der Waals surface area contributed by atoms with Crippen LogP contribution in [0.15, 0.2) is 24.3 Å². The molecule has 0 bridgehead atoms. The summed E-state index contributed by atoms with van der Waals surface area (Å²) in [6.07, 6.45) is 5.28. The van der Waals surface area contributed by atoms with Crippen molar-refractivity contribution >= 4 is 5.91 Å². The molecule has 0 unspecified atom stereocenters. The lowest BCUT2D eigenvalue weighted by Gasteiger charge is -2.15. The Morgan fingerprint density at radius 3 is 3.04 bits per heavy atom. The molecule has 3 rings (SSSR count). The van der Waals surface area contributed by atoms with Gasteiger partial charge in [-0.1, -0.05) is 18.6 Å². The third-order valence-electron chi connectivity index (χ3n) is 4.43. The van der Waals surface area contributed by atoms with E-state index in [2.05, 4.69) is 20.1 Å². The summed E-state index contributed by atoms with van der Waals surface area (Å²) in [5.74, 6) is 1.51. The van der Waals surface area contributed by atoms with Gasteiger partial charge in [0, 0.05) is 19.4 Å². The van der Waals surface area contributed by atoms with Crippen molar-refractivity contribution in [2.75, 3.05) is 0 Å². The van der Waals surface area contributed by atoms with Crippen LogP contribution in [0, 0.1) is 5.82 Å². The number of benzene rings is 1. The Bertz CT molecular complexity index is 713. The molecule has 0 aliphatic carbocycles. The minimum atomic E-state index is -0.271. The summed E-state index contributed by atoms with van der Waals surface area (Å²) >= 11 is 0. The van der Waals surface area contributed by atoms with Crippen LogP contribution in [-0.4, -0.2) is 20.7 Å². The molecule has 1 N–H and O–H groups in total. The molecule has 24 heavy (non-hydrogen) atoms. The zero-order valence-corrected chi connectivity index (χ0v) is 14.0. The van der Waals surface area contributed by atoms with Gasteiger partial charge in [0.1, 0.15) is 11.6 Å². The molecule has 1 aliphatic heterocycles. The average Bonchev–Trinajstić information content (AvgIpc) is 2.82. The van der Waals surface area contributed by atoms with Crippen molar-refractivity contribution in [2.45, 2.75) is 58.0 Å². The summed E-state index contributed by atoms with van der Waals surface area (Å²) in [5.41, 5.74) is 0.828. The molecule has 128 valence electrons. The number of fused-ring (bicyclic) bond motifs is 1. The molecule has 0 saturated carbocycles. The minimum absolute atomic E-state index is 0.0577. The van der Waals surface area contributed by atoms with Gasteiger partial charge in [-0.05, 0) is 43.9 Å². The van der Waals surface area contributed by atoms with Gasteiger partial charge in [0.2, 0.25) is 5.91 Å². The van der Waals surface area contributed by atoms with Gasteiger partial charge in [0.15, 0.2) is 5.82 Å². The number of nitrogens with one attached hydrogen (secondary N) is 1. The second-order valence-electron chi connectivity index (χ2n) is 6.36. The van der Waals surface area contributed by atoms with Gasteiger partial charge >= 0.3 is 0 Å². The van der Waals surface area contributed by atoms with Crippen LogP contribution in [-0.2, 0) is 24.2 Å². The van der Waals surface area contributed by atoms with E-state index in [9.17, 15) is 9.18 Å². The topological polar surface area (TPSA) is 59.8 Å². The van der Waals surface area contributed by atoms with E-state index in [-0.39, 0.29) is 17.8 Å². The van der Waals surface area contributed by atoms with Gasteiger partial charge < -0.3 is 9.88 Å². The maximum Gasteiger partial charge on any atom is 0.220 e. The summed E-state index contributed by atoms with van der Waals surface area (Å²) < 4.78 is 15.3. The summed E-state index contributed by atoms with van der Waals surface area (Å²) in [6.45, 7) is 2.85. The van der Waals surface area contributed by atoms with Crippen LogP contribution in [0.2, 0.25) is 0 Å². The molecule has 2 heterocycles. The van der Waals surface area contributed by atoms with Crippen molar-refractivity contribution in [3.05, 3.63) is 47.3 Å². The second-order valence-corrected chi connectivity index (χ2v) is 6.36. The van der Waals surface area contributed by atoms with Gasteiger partial charge in [-0.25, -0.2) is 4.39 Å². The van der Waals surface area contributed by atoms with Crippen LogP contribution in [0.25, 0.3) is 0 Å². The summed E-state index contributed by atoms with van der Waals surface area (Å²) in [6, 6.07) is 6.19. The van der Waals surface area contributed by atoms with Crippen molar-refractivity contribution in [2.24, 2.45) is 0 Å². The molecule has 0 saturated heterocycles. The van der Waals surface area contributed by atoms with Crippen LogP contribution in [0.4, 0.5) is 4.39 Å². The highest BCUT2D eigenvalue weighted by Gasteiger charge is 2.20. The van der Waals surface area contributed by atoms with Crippen molar-refractivity contribution in [1.29, 1.82) is 0 Å². The first kappa shape index (κ1) is 16.6. The first-order chi connectivity index (χ1) is 11.6. The highest BCUT2D eigenvalue weighted by atomic mass is 19.1. The Balaban J connectivity index is 1.57. The summed E-state index contributed by atoms with van der Waals surface area (Å²) in [4.78, 5) is 12.2. The number of hydrogen-bond donors (Lipinski definition) is 1. The highest BCUT2D eigenvalue weighted by molar-refractivity contribution is 5.76. The Labute approximate surface area is 141 Å². The lowest BCUT2D eigenvalue weighted by atomic mass is 10.1. The predicted molar refractivity (Wildman–Crippen MR) is 88.9 cm³/mol. The smallest absolute Gasteiger partial charge is 0.220 e. The molecular formula is C18H23FN4O. The Kier molecular flexibility index (Phi) is 5.23. The van der Waals surface area contributed by atoms with E-state index in [4.69, 9.17) is 0 Å². The number of carbonyl (C=O) groups is 1. The molecule has 1 aliphatic rings. The maximum absolute atomic E-state index is 13.2. The maximum atomic E-state index is 13.2. The number of carbonyl (C=O) groups excluding carboxylic acids is 1. The fraction of sp³-hybridized carbons (Fsp3) is 0.500. The summed E-state index contributed by atoms with van der Waals surface area (Å²) in [5, 5.41) is 11.5. The normalized spacial score (nSPS) is 15.4. The molecule has 0 fully saturated rings. The zero-order valence-electron chi connectivity index (χ0n) is 14.0. The number of nitrogens with zero attached hydrogens (tertiary/aromatic N) is 3. The molecular weight excluding hydrogens is 307 g/mol. The van der Waals surface area contributed by atoms with Crippen LogP contribution in [0.1, 0.15) is 55.9 Å². The van der Waals surface area contributed by atoms with Gasteiger partial charge in [-0.2, -0.15) is 0 Å². The number of hydrogen-bond acceptors (Lipinski definition) is 3. The molecule has 1 amide bonds. The van der Waals surface area contributed by atoms with Gasteiger partial charge in [-0.15, -0.1) is 10.2 Å². The van der Waals surface area contributed by atoms with Crippen molar-refractivity contribution < 1.29 is 9.18 Å². The van der Waals surface area contributed by atoms with E-state index < -0.39 is 0 Å². The fourth-order valence-electron chi connectivity index (χ4n) is 3.16. The number of amides is 1. The van der Waals surface area contributed by atoms with E-state index in [1.165, 1.54) is 18.6 Å². The average molecular weight is 330 g/mol. The van der Waals surface area contributed by atoms with Crippen LogP contribution in [0.5, 0.6) is 0 Å². The number of halogens is 1. The third kappa shape index (κ3) is 3.99. The first-order valence-corrected chi connectivity index (χ1v) is 8.59. The van der Waals surface area contributed by atoms with E-state index in [1.54, 1.807) is 6.07 Å². The number of rotatable bonds is 5. The van der Waals surface area contributed by atoms with E-state index in [0.717, 1.165) is 43.0 Å². The lowest BCUT2D eigenvalue weighted by molar-refractivity contribution is -0.121. The Hall–Kier alpha value is -2.24. The van der Waals surface area contributed by atoms with Gasteiger partial charge in [-0.3, -0.25) is 4.79 Å². The molecule has 6 heteroatoms. The SMILES string of the molecule is C[C@H](NC(=O)CCc1cccc(F)c1)c1nnc2n1CCCCC2. The zero-order chi connectivity index (χ0) is 16.9. The second kappa shape index (κ2) is 7.55. The standard InChI is InChI=1S/C18H23FN4O/c1-13(18-22-21-16-8-3-2-4-11-23(16)18)20-17(24)10-9-14-6-5-7-15(19)12-14/h5-7,12-13H,2-4,8-11H2,1H3,(H,20,24)/t13-/m0/s1. The molecule has 1 aromatic carbocycles. The molecule has 5 nitrogen and oxygen atoms in total. The highest BCUT2D eigenvalue weighted by Crippen LogP contribution is 2.18.